The maximum absolute atomic E-state index is 4.17. The Morgan fingerprint density at radius 2 is 2.12 bits per heavy atom. The molecule has 0 radical (unpaired) electrons. The monoisotopic (exact) mass is 239 g/mol. The van der Waals surface area contributed by atoms with Gasteiger partial charge >= 0.3 is 0 Å². The van der Waals surface area contributed by atoms with E-state index in [1.165, 1.54) is 10.4 Å². The number of hydrogen-bond donors (Lipinski definition) is 0. The lowest BCUT2D eigenvalue weighted by Gasteiger charge is -1.93. The average Bonchev–Trinajstić information content (AvgIpc) is 2.75. The molecule has 0 aromatic carbocycles. The van der Waals surface area contributed by atoms with Crippen LogP contribution < -0.4 is 0 Å². The number of pyridine rings is 1. The molecule has 2 heteroatoms. The average molecular weight is 239 g/mol. The standard InChI is InChI=1S/C15H13NS/c1-3-4-14-7-8-15(17-14)6-5-13-9-10-16-12(2)11-13/h5-11H,1-2H3/b6-5+. The highest BCUT2D eigenvalue weighted by atomic mass is 32.1. The summed E-state index contributed by atoms with van der Waals surface area (Å²) in [6.45, 7) is 3.85. The summed E-state index contributed by atoms with van der Waals surface area (Å²) in [5, 5.41) is 0. The molecule has 0 unspecified atom stereocenters. The van der Waals surface area contributed by atoms with Crippen molar-refractivity contribution in [1.82, 2.24) is 4.98 Å². The summed E-state index contributed by atoms with van der Waals surface area (Å²) in [6, 6.07) is 8.22. The molecule has 2 heterocycles. The van der Waals surface area contributed by atoms with Crippen molar-refractivity contribution in [3.05, 3.63) is 51.5 Å². The van der Waals surface area contributed by atoms with Gasteiger partial charge in [0.15, 0.2) is 0 Å². The highest BCUT2D eigenvalue weighted by molar-refractivity contribution is 7.13. The number of thiophene rings is 1. The van der Waals surface area contributed by atoms with Crippen molar-refractivity contribution < 1.29 is 0 Å². The Bertz CT molecular complexity index is 597. The minimum Gasteiger partial charge on any atom is -0.262 e. The van der Waals surface area contributed by atoms with E-state index in [-0.39, 0.29) is 0 Å². The molecule has 0 saturated carbocycles. The van der Waals surface area contributed by atoms with Crippen molar-refractivity contribution in [1.29, 1.82) is 0 Å². The first-order chi connectivity index (χ1) is 8.28. The molecule has 17 heavy (non-hydrogen) atoms. The van der Waals surface area contributed by atoms with Gasteiger partial charge in [0.2, 0.25) is 0 Å². The van der Waals surface area contributed by atoms with Crippen LogP contribution in [-0.4, -0.2) is 4.98 Å². The topological polar surface area (TPSA) is 12.9 Å². The van der Waals surface area contributed by atoms with E-state index in [4.69, 9.17) is 0 Å². The largest absolute Gasteiger partial charge is 0.262 e. The van der Waals surface area contributed by atoms with E-state index in [0.29, 0.717) is 0 Å². The van der Waals surface area contributed by atoms with E-state index in [1.807, 2.05) is 26.1 Å². The quantitative estimate of drug-likeness (QED) is 0.722. The van der Waals surface area contributed by atoms with E-state index in [2.05, 4.69) is 47.2 Å². The second-order valence-electron chi connectivity index (χ2n) is 3.64. The van der Waals surface area contributed by atoms with Crippen LogP contribution in [0, 0.1) is 18.8 Å². The van der Waals surface area contributed by atoms with Gasteiger partial charge in [0.25, 0.3) is 0 Å². The summed E-state index contributed by atoms with van der Waals surface area (Å²) >= 11 is 1.70. The Morgan fingerprint density at radius 3 is 2.88 bits per heavy atom. The predicted molar refractivity (Wildman–Crippen MR) is 74.8 cm³/mol. The summed E-state index contributed by atoms with van der Waals surface area (Å²) in [4.78, 5) is 6.50. The van der Waals surface area contributed by atoms with Crippen LogP contribution in [-0.2, 0) is 0 Å². The SMILES string of the molecule is CC#Cc1ccc(/C=C/c2ccnc(C)c2)s1. The maximum atomic E-state index is 4.17. The van der Waals surface area contributed by atoms with Gasteiger partial charge in [-0.25, -0.2) is 0 Å². The van der Waals surface area contributed by atoms with Gasteiger partial charge in [-0.05, 0) is 49.8 Å². The lowest BCUT2D eigenvalue weighted by Crippen LogP contribution is -1.79. The molecule has 1 nitrogen and oxygen atoms in total. The van der Waals surface area contributed by atoms with Crippen LogP contribution in [0.4, 0.5) is 0 Å². The number of aromatic nitrogens is 1. The van der Waals surface area contributed by atoms with E-state index in [9.17, 15) is 0 Å². The van der Waals surface area contributed by atoms with Crippen LogP contribution in [0.2, 0.25) is 0 Å². The van der Waals surface area contributed by atoms with Crippen LogP contribution in [0.3, 0.4) is 0 Å². The van der Waals surface area contributed by atoms with Crippen molar-refractivity contribution in [3.8, 4) is 11.8 Å². The fraction of sp³-hybridized carbons (Fsp3) is 0.133. The molecule has 0 fully saturated rings. The summed E-state index contributed by atoms with van der Waals surface area (Å²) in [7, 11) is 0. The van der Waals surface area contributed by atoms with E-state index in [0.717, 1.165) is 10.6 Å². The zero-order valence-electron chi connectivity index (χ0n) is 9.90. The predicted octanol–water partition coefficient (Wildman–Crippen LogP) is 3.99. The molecule has 0 bridgehead atoms. The number of hydrogen-bond acceptors (Lipinski definition) is 2. The van der Waals surface area contributed by atoms with Gasteiger partial charge in [0, 0.05) is 16.8 Å². The highest BCUT2D eigenvalue weighted by Crippen LogP contribution is 2.18. The molecule has 0 aliphatic rings. The number of aryl methyl sites for hydroxylation is 1. The minimum absolute atomic E-state index is 1.04. The Labute approximate surface area is 106 Å². The van der Waals surface area contributed by atoms with Gasteiger partial charge in [-0.1, -0.05) is 12.0 Å². The van der Waals surface area contributed by atoms with Gasteiger partial charge in [-0.2, -0.15) is 0 Å². The first-order valence-corrected chi connectivity index (χ1v) is 6.23. The zero-order valence-corrected chi connectivity index (χ0v) is 10.7. The van der Waals surface area contributed by atoms with Crippen LogP contribution in [0.5, 0.6) is 0 Å². The van der Waals surface area contributed by atoms with Gasteiger partial charge in [-0.15, -0.1) is 17.3 Å². The molecule has 0 aliphatic heterocycles. The summed E-state index contributed by atoms with van der Waals surface area (Å²) < 4.78 is 0. The van der Waals surface area contributed by atoms with E-state index >= 15 is 0 Å². The molecule has 2 rings (SSSR count). The fourth-order valence-electron chi connectivity index (χ4n) is 1.48. The number of rotatable bonds is 2. The smallest absolute Gasteiger partial charge is 0.0774 e. The Balaban J connectivity index is 2.16. The lowest BCUT2D eigenvalue weighted by atomic mass is 10.2. The Hall–Kier alpha value is -1.85. The molecule has 84 valence electrons. The highest BCUT2D eigenvalue weighted by Gasteiger charge is 1.94. The van der Waals surface area contributed by atoms with Gasteiger partial charge in [0.05, 0.1) is 4.88 Å². The van der Waals surface area contributed by atoms with E-state index < -0.39 is 0 Å². The molecular weight excluding hydrogens is 226 g/mol. The van der Waals surface area contributed by atoms with Crippen LogP contribution >= 0.6 is 11.3 Å². The van der Waals surface area contributed by atoms with Crippen molar-refractivity contribution in [2.45, 2.75) is 13.8 Å². The maximum Gasteiger partial charge on any atom is 0.0774 e. The molecule has 2 aromatic heterocycles. The summed E-state index contributed by atoms with van der Waals surface area (Å²) in [6.07, 6.45) is 6.04. The molecular formula is C15H13NS. The lowest BCUT2D eigenvalue weighted by molar-refractivity contribution is 1.20. The third-order valence-corrected chi connectivity index (χ3v) is 3.20. The van der Waals surface area contributed by atoms with Gasteiger partial charge in [0.1, 0.15) is 0 Å². The van der Waals surface area contributed by atoms with Crippen LogP contribution in [0.1, 0.15) is 27.9 Å². The third-order valence-electron chi connectivity index (χ3n) is 2.24. The molecule has 2 aromatic rings. The fourth-order valence-corrected chi connectivity index (χ4v) is 2.30. The first kappa shape index (κ1) is 11.6. The second kappa shape index (κ2) is 5.47. The summed E-state index contributed by atoms with van der Waals surface area (Å²) in [5.74, 6) is 5.97. The molecule has 0 amide bonds. The van der Waals surface area contributed by atoms with Crippen LogP contribution in [0.25, 0.3) is 12.2 Å². The van der Waals surface area contributed by atoms with Gasteiger partial charge < -0.3 is 0 Å². The van der Waals surface area contributed by atoms with E-state index in [1.54, 1.807) is 11.3 Å². The summed E-state index contributed by atoms with van der Waals surface area (Å²) in [5.41, 5.74) is 2.21. The number of nitrogens with zero attached hydrogens (tertiary/aromatic N) is 1. The Morgan fingerprint density at radius 1 is 1.24 bits per heavy atom. The first-order valence-electron chi connectivity index (χ1n) is 5.41. The second-order valence-corrected chi connectivity index (χ2v) is 4.76. The minimum atomic E-state index is 1.04. The molecule has 0 spiro atoms. The normalized spacial score (nSPS) is 10.2. The van der Waals surface area contributed by atoms with Gasteiger partial charge in [-0.3, -0.25) is 4.98 Å². The Kier molecular flexibility index (Phi) is 3.74. The zero-order chi connectivity index (χ0) is 12.1. The van der Waals surface area contributed by atoms with Crippen molar-refractivity contribution in [2.75, 3.05) is 0 Å². The van der Waals surface area contributed by atoms with Crippen molar-refractivity contribution in [2.24, 2.45) is 0 Å². The van der Waals surface area contributed by atoms with Crippen molar-refractivity contribution in [3.63, 3.8) is 0 Å². The van der Waals surface area contributed by atoms with Crippen LogP contribution in [0.15, 0.2) is 30.5 Å². The molecule has 0 saturated heterocycles. The van der Waals surface area contributed by atoms with Crippen molar-refractivity contribution >= 4 is 23.5 Å². The molecule has 0 N–H and O–H groups in total. The molecule has 0 aliphatic carbocycles. The molecule has 0 atom stereocenters. The third kappa shape index (κ3) is 3.30.